The number of benzene rings is 7. The predicted octanol–water partition coefficient (Wildman–Crippen LogP) is 12.1. The first-order chi connectivity index (χ1) is 30.8. The summed E-state index contributed by atoms with van der Waals surface area (Å²) in [7, 11) is 0. The zero-order valence-electron chi connectivity index (χ0n) is 35.9. The Morgan fingerprint density at radius 1 is 0.587 bits per heavy atom. The van der Waals surface area contributed by atoms with Crippen molar-refractivity contribution in [2.24, 2.45) is 5.92 Å². The highest BCUT2D eigenvalue weighted by Gasteiger charge is 2.40. The number of para-hydroxylation sites is 1. The fraction of sp³-hybridized carbons (Fsp3) is 0.315. The van der Waals surface area contributed by atoms with Crippen molar-refractivity contribution in [2.75, 3.05) is 11.7 Å². The standard InChI is InChI=1S/C54H50N4O5/c1-3-5-7-10-14-36(15-11-8-6-4-2)57-53(61)44-28-24-40-38-22-26-42-48-43(27-23-39(46(38)48)41-25-29-45(54(57)62)49(44)47(40)41)52(60)56(51(42)59)31-33-18-20-34(21-19-33)50-35(30-55)32-63-58(50)37-16-12-9-13-17-37/h9,12-13,16-29,35-36,50H,3-8,10-11,14-15,31-32H2,1-2H3/t35-,50+/m0/s1. The van der Waals surface area contributed by atoms with Crippen LogP contribution < -0.4 is 5.06 Å². The number of unbranched alkanes of at least 4 members (excludes halogenated alkanes) is 6. The Morgan fingerprint density at radius 2 is 1.08 bits per heavy atom. The summed E-state index contributed by atoms with van der Waals surface area (Å²) in [4.78, 5) is 66.7. The van der Waals surface area contributed by atoms with E-state index in [-0.39, 0.29) is 54.8 Å². The van der Waals surface area contributed by atoms with Crippen LogP contribution in [0.3, 0.4) is 0 Å². The molecule has 1 saturated heterocycles. The lowest BCUT2D eigenvalue weighted by Crippen LogP contribution is -2.47. The number of imide groups is 2. The quantitative estimate of drug-likeness (QED) is 0.0437. The summed E-state index contributed by atoms with van der Waals surface area (Å²) < 4.78 is 0. The second-order valence-electron chi connectivity index (χ2n) is 17.6. The first-order valence-corrected chi connectivity index (χ1v) is 22.7. The van der Waals surface area contributed by atoms with Gasteiger partial charge in [0.1, 0.15) is 0 Å². The first kappa shape index (κ1) is 40.4. The van der Waals surface area contributed by atoms with Crippen LogP contribution in [0.4, 0.5) is 5.69 Å². The van der Waals surface area contributed by atoms with Gasteiger partial charge in [-0.2, -0.15) is 5.26 Å². The third kappa shape index (κ3) is 6.62. The molecule has 9 heteroatoms. The molecule has 3 aliphatic rings. The van der Waals surface area contributed by atoms with Gasteiger partial charge in [-0.1, -0.05) is 132 Å². The van der Waals surface area contributed by atoms with Gasteiger partial charge in [-0.15, -0.1) is 0 Å². The number of nitriles is 1. The van der Waals surface area contributed by atoms with Crippen molar-refractivity contribution >= 4 is 72.4 Å². The molecule has 0 spiro atoms. The summed E-state index contributed by atoms with van der Waals surface area (Å²) in [5.74, 6) is -1.54. The first-order valence-electron chi connectivity index (χ1n) is 22.7. The Kier molecular flexibility index (Phi) is 10.6. The maximum Gasteiger partial charge on any atom is 0.261 e. The van der Waals surface area contributed by atoms with Crippen LogP contribution in [0.25, 0.3) is 43.1 Å². The highest BCUT2D eigenvalue weighted by molar-refractivity contribution is 6.41. The average Bonchev–Trinajstić information content (AvgIpc) is 3.75. The zero-order chi connectivity index (χ0) is 43.4. The molecule has 7 aromatic carbocycles. The van der Waals surface area contributed by atoms with Gasteiger partial charge in [-0.3, -0.25) is 33.8 Å². The van der Waals surface area contributed by atoms with Crippen molar-refractivity contribution in [3.63, 3.8) is 0 Å². The topological polar surface area (TPSA) is 111 Å². The summed E-state index contributed by atoms with van der Waals surface area (Å²) in [6.45, 7) is 4.74. The Bertz CT molecular complexity index is 2860. The average molecular weight is 835 g/mol. The molecule has 9 nitrogen and oxygen atoms in total. The molecule has 0 radical (unpaired) electrons. The lowest BCUT2D eigenvalue weighted by Gasteiger charge is -2.35. The third-order valence-corrected chi connectivity index (χ3v) is 13.8. The number of carbonyl (C=O) groups excluding carboxylic acids is 4. The van der Waals surface area contributed by atoms with Crippen molar-refractivity contribution in [3.05, 3.63) is 137 Å². The van der Waals surface area contributed by atoms with E-state index in [2.05, 4.69) is 19.9 Å². The minimum absolute atomic E-state index is 0.0821. The van der Waals surface area contributed by atoms with Gasteiger partial charge in [-0.25, -0.2) is 5.06 Å². The maximum atomic E-state index is 14.5. The fourth-order valence-electron chi connectivity index (χ4n) is 10.6. The van der Waals surface area contributed by atoms with Gasteiger partial charge in [0.15, 0.2) is 0 Å². The van der Waals surface area contributed by atoms with Crippen LogP contribution in [0.5, 0.6) is 0 Å². The number of rotatable bonds is 15. The SMILES string of the molecule is CCCCCCC(CCCCCC)N1C(=O)c2ccc3c4ccc5c6c(ccc(c7ccc(c2c37)C1=O)c64)C(=O)N(Cc1ccc([C@@H]2[C@@H](C#N)CON2c2ccccc2)cc1)C5=O. The van der Waals surface area contributed by atoms with Crippen LogP contribution in [0.1, 0.15) is 137 Å². The molecule has 0 aliphatic carbocycles. The molecule has 3 heterocycles. The molecular formula is C54H50N4O5. The minimum Gasteiger partial charge on any atom is -0.271 e. The van der Waals surface area contributed by atoms with E-state index in [4.69, 9.17) is 4.84 Å². The number of fused-ring (bicyclic) bond motifs is 2. The number of carbonyl (C=O) groups is 4. The van der Waals surface area contributed by atoms with E-state index in [0.29, 0.717) is 33.0 Å². The second kappa shape index (κ2) is 16.6. The van der Waals surface area contributed by atoms with Crippen molar-refractivity contribution in [1.82, 2.24) is 9.80 Å². The molecule has 0 N–H and O–H groups in total. The Hall–Kier alpha value is -6.63. The highest BCUT2D eigenvalue weighted by Crippen LogP contribution is 2.47. The summed E-state index contributed by atoms with van der Waals surface area (Å²) >= 11 is 0. The van der Waals surface area contributed by atoms with Gasteiger partial charge in [0.2, 0.25) is 0 Å². The Morgan fingerprint density at radius 3 is 1.56 bits per heavy atom. The van der Waals surface area contributed by atoms with E-state index in [1.165, 1.54) is 4.90 Å². The fourth-order valence-corrected chi connectivity index (χ4v) is 10.6. The molecule has 63 heavy (non-hydrogen) atoms. The van der Waals surface area contributed by atoms with Crippen molar-refractivity contribution in [2.45, 2.75) is 96.7 Å². The molecule has 316 valence electrons. The summed E-state index contributed by atoms with van der Waals surface area (Å²) in [6.07, 6.45) is 10.3. The van der Waals surface area contributed by atoms with Crippen LogP contribution in [-0.2, 0) is 11.4 Å². The summed E-state index contributed by atoms with van der Waals surface area (Å²) in [5, 5.41) is 18.2. The monoisotopic (exact) mass is 834 g/mol. The molecule has 7 aromatic rings. The number of hydrogen-bond donors (Lipinski definition) is 0. The van der Waals surface area contributed by atoms with Crippen molar-refractivity contribution in [3.8, 4) is 6.07 Å². The number of amides is 4. The Balaban J connectivity index is 0.980. The molecule has 0 aromatic heterocycles. The molecule has 10 rings (SSSR count). The van der Waals surface area contributed by atoms with Crippen molar-refractivity contribution < 1.29 is 24.0 Å². The van der Waals surface area contributed by atoms with Gasteiger partial charge in [0.25, 0.3) is 23.6 Å². The predicted molar refractivity (Wildman–Crippen MR) is 247 cm³/mol. The number of hydroxylamine groups is 1. The van der Waals surface area contributed by atoms with Gasteiger partial charge < -0.3 is 0 Å². The van der Waals surface area contributed by atoms with E-state index in [1.54, 1.807) is 9.96 Å². The number of anilines is 1. The molecule has 1 fully saturated rings. The smallest absolute Gasteiger partial charge is 0.261 e. The molecule has 3 aliphatic heterocycles. The van der Waals surface area contributed by atoms with E-state index in [9.17, 15) is 24.4 Å². The van der Waals surface area contributed by atoms with E-state index >= 15 is 0 Å². The van der Waals surface area contributed by atoms with Crippen LogP contribution in [0.2, 0.25) is 0 Å². The summed E-state index contributed by atoms with van der Waals surface area (Å²) in [6, 6.07) is 34.6. The molecule has 4 amide bonds. The second-order valence-corrected chi connectivity index (χ2v) is 17.6. The van der Waals surface area contributed by atoms with Gasteiger partial charge in [0, 0.05) is 39.1 Å². The highest BCUT2D eigenvalue weighted by atomic mass is 16.7. The molecule has 0 saturated carbocycles. The van der Waals surface area contributed by atoms with Crippen LogP contribution >= 0.6 is 0 Å². The number of nitrogens with zero attached hydrogens (tertiary/aromatic N) is 4. The zero-order valence-corrected chi connectivity index (χ0v) is 35.9. The van der Waals surface area contributed by atoms with E-state index in [0.717, 1.165) is 113 Å². The van der Waals surface area contributed by atoms with E-state index < -0.39 is 0 Å². The largest absolute Gasteiger partial charge is 0.271 e. The lowest BCUT2D eigenvalue weighted by molar-refractivity contribution is 0.0514. The van der Waals surface area contributed by atoms with Crippen LogP contribution in [0, 0.1) is 17.2 Å². The van der Waals surface area contributed by atoms with Gasteiger partial charge in [-0.05, 0) is 92.7 Å². The van der Waals surface area contributed by atoms with Crippen LogP contribution in [-0.4, -0.2) is 46.1 Å². The number of hydrogen-bond acceptors (Lipinski definition) is 7. The molecular weight excluding hydrogens is 785 g/mol. The van der Waals surface area contributed by atoms with Gasteiger partial charge >= 0.3 is 0 Å². The molecule has 0 bridgehead atoms. The van der Waals surface area contributed by atoms with E-state index in [1.807, 2.05) is 103 Å². The van der Waals surface area contributed by atoms with Crippen LogP contribution in [0.15, 0.2) is 103 Å². The maximum absolute atomic E-state index is 14.5. The molecule has 2 atom stereocenters. The van der Waals surface area contributed by atoms with Gasteiger partial charge in [0.05, 0.1) is 36.9 Å². The van der Waals surface area contributed by atoms with Crippen molar-refractivity contribution in [1.29, 1.82) is 5.26 Å². The summed E-state index contributed by atoms with van der Waals surface area (Å²) in [5.41, 5.74) is 4.56. The Labute approximate surface area is 367 Å². The lowest BCUT2D eigenvalue weighted by atomic mass is 9.82. The third-order valence-electron chi connectivity index (χ3n) is 13.8. The normalized spacial score (nSPS) is 17.5. The molecule has 0 unspecified atom stereocenters. The minimum atomic E-state index is -0.373.